The molecule has 2 aromatic heterocycles. The van der Waals surface area contributed by atoms with Gasteiger partial charge in [0.15, 0.2) is 0 Å². The molecule has 2 rings (SSSR count). The van der Waals surface area contributed by atoms with Crippen LogP contribution < -0.4 is 5.32 Å². The van der Waals surface area contributed by atoms with Crippen LogP contribution in [-0.2, 0) is 0 Å². The zero-order valence-electron chi connectivity index (χ0n) is 7.32. The van der Waals surface area contributed by atoms with Gasteiger partial charge >= 0.3 is 0 Å². The van der Waals surface area contributed by atoms with Crippen molar-refractivity contribution in [3.63, 3.8) is 0 Å². The van der Waals surface area contributed by atoms with Crippen LogP contribution in [0.15, 0.2) is 41.3 Å². The second-order valence-corrected chi connectivity index (χ2v) is 2.69. The van der Waals surface area contributed by atoms with Crippen molar-refractivity contribution in [2.75, 3.05) is 12.4 Å². The molecule has 0 radical (unpaired) electrons. The van der Waals surface area contributed by atoms with E-state index in [1.807, 2.05) is 25.2 Å². The van der Waals surface area contributed by atoms with E-state index in [1.165, 1.54) is 0 Å². The monoisotopic (exact) mass is 174 g/mol. The highest BCUT2D eigenvalue weighted by Gasteiger charge is 2.00. The zero-order valence-corrected chi connectivity index (χ0v) is 7.32. The van der Waals surface area contributed by atoms with Gasteiger partial charge in [0.2, 0.25) is 0 Å². The summed E-state index contributed by atoms with van der Waals surface area (Å²) in [6, 6.07) is 5.79. The van der Waals surface area contributed by atoms with E-state index < -0.39 is 0 Å². The van der Waals surface area contributed by atoms with Gasteiger partial charge in [-0.1, -0.05) is 0 Å². The van der Waals surface area contributed by atoms with Gasteiger partial charge in [0, 0.05) is 24.5 Å². The van der Waals surface area contributed by atoms with Crippen molar-refractivity contribution in [2.45, 2.75) is 0 Å². The molecule has 2 aromatic rings. The van der Waals surface area contributed by atoms with Gasteiger partial charge in [-0.05, 0) is 18.2 Å². The molecule has 0 amide bonds. The lowest BCUT2D eigenvalue weighted by Crippen LogP contribution is -1.89. The van der Waals surface area contributed by atoms with Crippen molar-refractivity contribution >= 4 is 5.69 Å². The van der Waals surface area contributed by atoms with Gasteiger partial charge in [0.1, 0.15) is 0 Å². The Bertz CT molecular complexity index is 382. The standard InChI is InChI=1S/C10H10N2O/c1-11-9-2-4-12-10(6-9)8-3-5-13-7-8/h2-7H,1H3,(H,11,12). The van der Waals surface area contributed by atoms with Gasteiger partial charge in [-0.3, -0.25) is 4.98 Å². The number of aromatic nitrogens is 1. The molecule has 0 aliphatic rings. The van der Waals surface area contributed by atoms with Gasteiger partial charge in [-0.15, -0.1) is 0 Å². The minimum absolute atomic E-state index is 0.917. The molecule has 0 atom stereocenters. The van der Waals surface area contributed by atoms with Crippen LogP contribution in [0.25, 0.3) is 11.3 Å². The second-order valence-electron chi connectivity index (χ2n) is 2.69. The fourth-order valence-electron chi connectivity index (χ4n) is 1.15. The number of nitrogens with one attached hydrogen (secondary N) is 1. The SMILES string of the molecule is CNc1ccnc(-c2ccoc2)c1. The number of furan rings is 1. The summed E-state index contributed by atoms with van der Waals surface area (Å²) in [5.41, 5.74) is 2.96. The summed E-state index contributed by atoms with van der Waals surface area (Å²) in [5.74, 6) is 0. The Morgan fingerprint density at radius 2 is 2.31 bits per heavy atom. The van der Waals surface area contributed by atoms with Crippen LogP contribution in [0.3, 0.4) is 0 Å². The molecule has 0 aliphatic heterocycles. The first-order valence-electron chi connectivity index (χ1n) is 4.06. The van der Waals surface area contributed by atoms with Gasteiger partial charge in [-0.2, -0.15) is 0 Å². The van der Waals surface area contributed by atoms with E-state index in [4.69, 9.17) is 4.42 Å². The van der Waals surface area contributed by atoms with Crippen molar-refractivity contribution in [3.8, 4) is 11.3 Å². The Hall–Kier alpha value is -1.77. The van der Waals surface area contributed by atoms with E-state index in [1.54, 1.807) is 18.7 Å². The third-order valence-electron chi connectivity index (χ3n) is 1.87. The lowest BCUT2D eigenvalue weighted by atomic mass is 10.2. The summed E-state index contributed by atoms with van der Waals surface area (Å²) in [5, 5.41) is 3.06. The highest BCUT2D eigenvalue weighted by Crippen LogP contribution is 2.19. The zero-order chi connectivity index (χ0) is 9.10. The molecule has 0 spiro atoms. The molecule has 66 valence electrons. The van der Waals surface area contributed by atoms with Crippen molar-refractivity contribution in [3.05, 3.63) is 36.9 Å². The molecule has 0 saturated heterocycles. The quantitative estimate of drug-likeness (QED) is 0.759. The van der Waals surface area contributed by atoms with Crippen LogP contribution in [0, 0.1) is 0 Å². The van der Waals surface area contributed by atoms with Crippen LogP contribution in [0.2, 0.25) is 0 Å². The average molecular weight is 174 g/mol. The second kappa shape index (κ2) is 3.31. The van der Waals surface area contributed by atoms with Crippen molar-refractivity contribution in [1.82, 2.24) is 4.98 Å². The summed E-state index contributed by atoms with van der Waals surface area (Å²) in [6.45, 7) is 0. The molecule has 3 heteroatoms. The number of rotatable bonds is 2. The van der Waals surface area contributed by atoms with Gasteiger partial charge in [0.25, 0.3) is 0 Å². The van der Waals surface area contributed by atoms with Gasteiger partial charge in [0.05, 0.1) is 18.2 Å². The predicted octanol–water partition coefficient (Wildman–Crippen LogP) is 2.38. The lowest BCUT2D eigenvalue weighted by Gasteiger charge is -2.00. The Labute approximate surface area is 76.4 Å². The van der Waals surface area contributed by atoms with E-state index in [-0.39, 0.29) is 0 Å². The highest BCUT2D eigenvalue weighted by atomic mass is 16.3. The molecular weight excluding hydrogens is 164 g/mol. The van der Waals surface area contributed by atoms with Crippen LogP contribution in [0.1, 0.15) is 0 Å². The maximum atomic E-state index is 4.98. The summed E-state index contributed by atoms with van der Waals surface area (Å²) in [4.78, 5) is 4.23. The average Bonchev–Trinajstić information content (AvgIpc) is 2.71. The Morgan fingerprint density at radius 3 is 3.00 bits per heavy atom. The smallest absolute Gasteiger partial charge is 0.0996 e. The first-order chi connectivity index (χ1) is 6.40. The molecule has 2 heterocycles. The predicted molar refractivity (Wildman–Crippen MR) is 51.5 cm³/mol. The molecule has 0 bridgehead atoms. The first-order valence-corrected chi connectivity index (χ1v) is 4.06. The molecule has 0 aliphatic carbocycles. The van der Waals surface area contributed by atoms with Crippen molar-refractivity contribution in [1.29, 1.82) is 0 Å². The summed E-state index contributed by atoms with van der Waals surface area (Å²) >= 11 is 0. The summed E-state index contributed by atoms with van der Waals surface area (Å²) < 4.78 is 4.98. The number of hydrogen-bond acceptors (Lipinski definition) is 3. The molecule has 0 unspecified atom stereocenters. The van der Waals surface area contributed by atoms with Gasteiger partial charge in [-0.25, -0.2) is 0 Å². The Morgan fingerprint density at radius 1 is 1.38 bits per heavy atom. The number of pyridine rings is 1. The van der Waals surface area contributed by atoms with E-state index in [9.17, 15) is 0 Å². The van der Waals surface area contributed by atoms with E-state index in [2.05, 4.69) is 10.3 Å². The third kappa shape index (κ3) is 1.54. The van der Waals surface area contributed by atoms with Crippen molar-refractivity contribution in [2.24, 2.45) is 0 Å². The molecule has 0 fully saturated rings. The lowest BCUT2D eigenvalue weighted by molar-refractivity contribution is 0.568. The van der Waals surface area contributed by atoms with Crippen LogP contribution in [0.5, 0.6) is 0 Å². The third-order valence-corrected chi connectivity index (χ3v) is 1.87. The topological polar surface area (TPSA) is 38.1 Å². The van der Waals surface area contributed by atoms with Crippen LogP contribution in [-0.4, -0.2) is 12.0 Å². The molecular formula is C10H10N2O. The molecule has 0 aromatic carbocycles. The van der Waals surface area contributed by atoms with E-state index in [0.717, 1.165) is 16.9 Å². The summed E-state index contributed by atoms with van der Waals surface area (Å²) in [6.07, 6.45) is 5.10. The fraction of sp³-hybridized carbons (Fsp3) is 0.100. The minimum Gasteiger partial charge on any atom is -0.472 e. The van der Waals surface area contributed by atoms with E-state index in [0.29, 0.717) is 0 Å². The number of hydrogen-bond donors (Lipinski definition) is 1. The van der Waals surface area contributed by atoms with Crippen molar-refractivity contribution < 1.29 is 4.42 Å². The largest absolute Gasteiger partial charge is 0.472 e. The van der Waals surface area contributed by atoms with Gasteiger partial charge < -0.3 is 9.73 Å². The first kappa shape index (κ1) is 7.86. The number of anilines is 1. The Balaban J connectivity index is 2.41. The summed E-state index contributed by atoms with van der Waals surface area (Å²) in [7, 11) is 1.88. The maximum absolute atomic E-state index is 4.98. The van der Waals surface area contributed by atoms with Crippen LogP contribution >= 0.6 is 0 Å². The van der Waals surface area contributed by atoms with E-state index >= 15 is 0 Å². The molecule has 1 N–H and O–H groups in total. The maximum Gasteiger partial charge on any atom is 0.0996 e. The fourth-order valence-corrected chi connectivity index (χ4v) is 1.15. The minimum atomic E-state index is 0.917. The highest BCUT2D eigenvalue weighted by molar-refractivity contribution is 5.62. The molecule has 13 heavy (non-hydrogen) atoms. The normalized spacial score (nSPS) is 9.92. The van der Waals surface area contributed by atoms with Crippen LogP contribution in [0.4, 0.5) is 5.69 Å². The number of nitrogens with zero attached hydrogens (tertiary/aromatic N) is 1. The molecule has 3 nitrogen and oxygen atoms in total. The molecule has 0 saturated carbocycles. The Kier molecular flexibility index (Phi) is 2.00.